The highest BCUT2D eigenvalue weighted by Gasteiger charge is 2.58. The van der Waals surface area contributed by atoms with Crippen molar-refractivity contribution in [3.05, 3.63) is 178 Å². The number of nitrogens with two attached hydrogens (primary N) is 1. The first-order valence-corrected chi connectivity index (χ1v) is 30.0. The Morgan fingerprint density at radius 1 is 0.561 bits per heavy atom. The van der Waals surface area contributed by atoms with Crippen LogP contribution in [0.3, 0.4) is 0 Å². The summed E-state index contributed by atoms with van der Waals surface area (Å²) in [4.78, 5) is 71.3. The Balaban J connectivity index is 0.716. The molecule has 0 saturated heterocycles. The zero-order valence-corrected chi connectivity index (χ0v) is 47.8. The predicted molar refractivity (Wildman–Crippen MR) is 320 cm³/mol. The van der Waals surface area contributed by atoms with Crippen LogP contribution >= 0.6 is 0 Å². The molecule has 6 aliphatic carbocycles. The van der Waals surface area contributed by atoms with E-state index in [-0.39, 0.29) is 66.4 Å². The summed E-state index contributed by atoms with van der Waals surface area (Å²) in [5, 5.41) is 12.1. The highest BCUT2D eigenvalue weighted by atomic mass is 16.6. The quantitative estimate of drug-likeness (QED) is 0.0406. The van der Waals surface area contributed by atoms with Crippen LogP contribution in [0.4, 0.5) is 21.0 Å². The van der Waals surface area contributed by atoms with Gasteiger partial charge in [0.25, 0.3) is 0 Å². The summed E-state index contributed by atoms with van der Waals surface area (Å²) in [6.07, 6.45) is 8.36. The number of nitrogen functional groups attached to an aromatic ring is 1. The molecule has 6 aliphatic rings. The number of aryl methyl sites for hydroxylation is 2. The maximum absolute atomic E-state index is 14.9. The van der Waals surface area contributed by atoms with Crippen molar-refractivity contribution in [1.29, 1.82) is 0 Å². The maximum atomic E-state index is 14.9. The molecule has 12 heteroatoms. The molecule has 82 heavy (non-hydrogen) atoms. The molecule has 0 bridgehead atoms. The van der Waals surface area contributed by atoms with Crippen molar-refractivity contribution in [2.75, 3.05) is 30.8 Å². The number of alkyl carbamates (subject to hydrolysis) is 2. The van der Waals surface area contributed by atoms with Gasteiger partial charge in [-0.15, -0.1) is 0 Å². The van der Waals surface area contributed by atoms with Crippen LogP contribution in [-0.4, -0.2) is 55.7 Å². The minimum Gasteiger partial charge on any atom is -0.449 e. The number of carbonyl (C=O) groups is 5. The number of anilines is 2. The second-order valence-electron chi connectivity index (χ2n) is 25.4. The molecule has 0 unspecified atom stereocenters. The maximum Gasteiger partial charge on any atom is 0.407 e. The highest BCUT2D eigenvalue weighted by Crippen LogP contribution is 2.60. The second-order valence-corrected chi connectivity index (χ2v) is 25.4. The number of imide groups is 1. The fraction of sp³-hybridized carbons (Fsp3) is 0.414. The van der Waals surface area contributed by atoms with Gasteiger partial charge in [0.1, 0.15) is 19.3 Å². The number of hydrogen-bond acceptors (Lipinski definition) is 8. The van der Waals surface area contributed by atoms with E-state index in [2.05, 4.69) is 122 Å². The standard InChI is InChI=1S/C70H77N5O7/c1-67-34-15-36-69(3,60(67)32-28-43-26-30-45(71)39-57(43)67)63(77)75-64(78)70(4)37-16-35-68(2)58-40-46(31-27-44(58)29-33-61(68)70)73-62(76)59(74-66(80)82-42-56-53-23-11-7-19-49(53)50-20-8-12-24-54(50)56)25-13-14-38-72-65(79)81-41-55-51-21-9-5-17-47(51)48-18-6-10-22-52(48)55/h5-12,17-24,26-27,30-31,39-40,55-56,59-61H,13-16,25,28-29,32-38,41-42,71H2,1-4H3,(H,72,79)(H,73,76)(H,74,80)(H,75,77,78)/t59-,60+,61+,67+,68+,69-,70-/m0/s1. The zero-order chi connectivity index (χ0) is 57.0. The fourth-order valence-electron chi connectivity index (χ4n) is 16.5. The van der Waals surface area contributed by atoms with Crippen molar-refractivity contribution >= 4 is 41.3 Å². The Labute approximate surface area is 482 Å². The highest BCUT2D eigenvalue weighted by molar-refractivity contribution is 6.01. The van der Waals surface area contributed by atoms with Crippen LogP contribution in [0.5, 0.6) is 0 Å². The molecule has 0 spiro atoms. The lowest BCUT2D eigenvalue weighted by molar-refractivity contribution is -0.150. The third-order valence-corrected chi connectivity index (χ3v) is 20.8. The lowest BCUT2D eigenvalue weighted by Crippen LogP contribution is -2.60. The summed E-state index contributed by atoms with van der Waals surface area (Å²) in [6.45, 7) is 9.31. The molecule has 12 rings (SSSR count). The van der Waals surface area contributed by atoms with E-state index < -0.39 is 34.5 Å². The molecule has 6 aromatic rings. The third-order valence-electron chi connectivity index (χ3n) is 20.8. The number of rotatable bonds is 14. The van der Waals surface area contributed by atoms with Crippen LogP contribution in [0, 0.1) is 22.7 Å². The SMILES string of the molecule is C[C@]1(C(=O)NC(=O)[C@@]2(C)CCC[C@]3(C)c4cc(NC(=O)[C@H](CCCCNC(=O)OCC5c6ccccc6-c6ccccc65)NC(=O)OCC5c6ccccc6-c6ccccc65)ccc4CC[C@@H]23)CCC[C@]2(C)c3cc(N)ccc3CC[C@@H]12. The Morgan fingerprint density at radius 3 is 1.54 bits per heavy atom. The molecule has 5 amide bonds. The topological polar surface area (TPSA) is 178 Å². The molecule has 2 fully saturated rings. The molecular formula is C70H77N5O7. The first-order chi connectivity index (χ1) is 39.6. The largest absolute Gasteiger partial charge is 0.449 e. The summed E-state index contributed by atoms with van der Waals surface area (Å²) in [7, 11) is 0. The number of ether oxygens (including phenoxy) is 2. The van der Waals surface area contributed by atoms with Gasteiger partial charge in [-0.1, -0.05) is 150 Å². The van der Waals surface area contributed by atoms with Gasteiger partial charge in [-0.3, -0.25) is 19.7 Å². The fourth-order valence-corrected chi connectivity index (χ4v) is 16.5. The molecule has 0 aromatic heterocycles. The van der Waals surface area contributed by atoms with E-state index in [9.17, 15) is 24.0 Å². The molecule has 0 radical (unpaired) electrons. The van der Waals surface area contributed by atoms with Crippen LogP contribution < -0.4 is 27.0 Å². The van der Waals surface area contributed by atoms with E-state index in [4.69, 9.17) is 15.2 Å². The van der Waals surface area contributed by atoms with Gasteiger partial charge in [0.2, 0.25) is 17.7 Å². The number of hydrogen-bond donors (Lipinski definition) is 5. The molecule has 12 nitrogen and oxygen atoms in total. The molecule has 6 N–H and O–H groups in total. The number of benzene rings is 6. The molecule has 0 heterocycles. The van der Waals surface area contributed by atoms with Gasteiger partial charge in [0.15, 0.2) is 0 Å². The van der Waals surface area contributed by atoms with Gasteiger partial charge in [0, 0.05) is 29.8 Å². The van der Waals surface area contributed by atoms with Crippen LogP contribution in [0.1, 0.15) is 155 Å². The van der Waals surface area contributed by atoms with E-state index in [0.717, 1.165) is 114 Å². The van der Waals surface area contributed by atoms with Gasteiger partial charge >= 0.3 is 12.2 Å². The Morgan fingerprint density at radius 2 is 1.02 bits per heavy atom. The number of fused-ring (bicyclic) bond motifs is 12. The number of amides is 5. The van der Waals surface area contributed by atoms with Crippen LogP contribution in [0.2, 0.25) is 0 Å². The smallest absolute Gasteiger partial charge is 0.407 e. The molecule has 0 aliphatic heterocycles. The molecule has 2 saturated carbocycles. The average molecular weight is 1100 g/mol. The third kappa shape index (κ3) is 9.73. The van der Waals surface area contributed by atoms with Crippen LogP contribution in [0.15, 0.2) is 133 Å². The van der Waals surface area contributed by atoms with Gasteiger partial charge < -0.3 is 31.2 Å². The van der Waals surface area contributed by atoms with Crippen molar-refractivity contribution in [2.24, 2.45) is 22.7 Å². The van der Waals surface area contributed by atoms with Crippen molar-refractivity contribution in [3.63, 3.8) is 0 Å². The van der Waals surface area contributed by atoms with Gasteiger partial charge in [-0.2, -0.15) is 0 Å². The molecule has 424 valence electrons. The number of nitrogens with one attached hydrogen (secondary N) is 4. The van der Waals surface area contributed by atoms with E-state index in [1.165, 1.54) is 16.7 Å². The first-order valence-electron chi connectivity index (χ1n) is 30.0. The van der Waals surface area contributed by atoms with E-state index in [0.29, 0.717) is 31.5 Å². The predicted octanol–water partition coefficient (Wildman–Crippen LogP) is 13.2. The van der Waals surface area contributed by atoms with Crippen LogP contribution in [0.25, 0.3) is 22.3 Å². The summed E-state index contributed by atoms with van der Waals surface area (Å²) in [5.41, 5.74) is 19.4. The summed E-state index contributed by atoms with van der Waals surface area (Å²) < 4.78 is 11.8. The molecule has 6 aromatic carbocycles. The zero-order valence-electron chi connectivity index (χ0n) is 47.8. The minimum absolute atomic E-state index is 0.0565. The van der Waals surface area contributed by atoms with E-state index in [1.807, 2.05) is 60.7 Å². The minimum atomic E-state index is -0.964. The van der Waals surface area contributed by atoms with Gasteiger partial charge in [-0.05, 0) is 184 Å². The van der Waals surface area contributed by atoms with Gasteiger partial charge in [0.05, 0.1) is 10.8 Å². The Bertz CT molecular complexity index is 3410. The molecule has 7 atom stereocenters. The normalized spacial score (nSPS) is 25.0. The molecular weight excluding hydrogens is 1020 g/mol. The lowest BCUT2D eigenvalue weighted by Gasteiger charge is -2.56. The van der Waals surface area contributed by atoms with Crippen molar-refractivity contribution in [3.8, 4) is 22.3 Å². The Kier molecular flexibility index (Phi) is 14.6. The van der Waals surface area contributed by atoms with Crippen LogP contribution in [-0.2, 0) is 47.5 Å². The van der Waals surface area contributed by atoms with Gasteiger partial charge in [-0.25, -0.2) is 9.59 Å². The first kappa shape index (κ1) is 54.8. The van der Waals surface area contributed by atoms with Crippen molar-refractivity contribution < 1.29 is 33.4 Å². The monoisotopic (exact) mass is 1100 g/mol. The summed E-state index contributed by atoms with van der Waals surface area (Å²) in [6, 6.07) is 44.1. The second kappa shape index (κ2) is 21.9. The lowest BCUT2D eigenvalue weighted by atomic mass is 9.49. The average Bonchev–Trinajstić information content (AvgIpc) is 1.44. The Hall–Kier alpha value is -7.73. The van der Waals surface area contributed by atoms with E-state index >= 15 is 0 Å². The van der Waals surface area contributed by atoms with E-state index in [1.54, 1.807) is 0 Å². The number of carbonyl (C=O) groups excluding carboxylic acids is 5. The summed E-state index contributed by atoms with van der Waals surface area (Å²) in [5.74, 6) is -0.941. The number of unbranched alkanes of at least 4 members (excludes halogenated alkanes) is 1. The van der Waals surface area contributed by atoms with Crippen molar-refractivity contribution in [1.82, 2.24) is 16.0 Å². The summed E-state index contributed by atoms with van der Waals surface area (Å²) >= 11 is 0. The van der Waals surface area contributed by atoms with Crippen molar-refractivity contribution in [2.45, 2.75) is 140 Å².